The maximum Gasteiger partial charge on any atom is 0.251 e. The minimum Gasteiger partial charge on any atom is -0.368 e. The molecule has 0 aliphatic heterocycles. The monoisotopic (exact) mass is 365 g/mol. The number of benzene rings is 2. The van der Waals surface area contributed by atoms with Crippen molar-refractivity contribution in [3.05, 3.63) is 54.1 Å². The van der Waals surface area contributed by atoms with Crippen molar-refractivity contribution in [3.63, 3.8) is 0 Å². The molecular formula is C17H15N7OS. The topological polar surface area (TPSA) is 111 Å². The molecule has 0 atom stereocenters. The summed E-state index contributed by atoms with van der Waals surface area (Å²) in [5, 5.41) is 10.7. The lowest BCUT2D eigenvalue weighted by Gasteiger charge is -2.04. The molecule has 0 aliphatic rings. The van der Waals surface area contributed by atoms with Crippen LogP contribution in [-0.2, 0) is 0 Å². The van der Waals surface area contributed by atoms with E-state index in [1.165, 1.54) is 16.0 Å². The van der Waals surface area contributed by atoms with Gasteiger partial charge in [0.1, 0.15) is 0 Å². The fourth-order valence-electron chi connectivity index (χ4n) is 2.48. The third-order valence-corrected chi connectivity index (χ3v) is 4.72. The first-order valence-electron chi connectivity index (χ1n) is 7.82. The van der Waals surface area contributed by atoms with E-state index in [1.54, 1.807) is 25.2 Å². The quantitative estimate of drug-likeness (QED) is 0.513. The second-order valence-electron chi connectivity index (χ2n) is 5.45. The van der Waals surface area contributed by atoms with Gasteiger partial charge in [-0.3, -0.25) is 4.79 Å². The van der Waals surface area contributed by atoms with Gasteiger partial charge in [-0.1, -0.05) is 29.5 Å². The summed E-state index contributed by atoms with van der Waals surface area (Å²) in [7, 11) is 1.59. The van der Waals surface area contributed by atoms with Crippen LogP contribution in [0, 0.1) is 0 Å². The van der Waals surface area contributed by atoms with Crippen LogP contribution in [0.2, 0.25) is 0 Å². The second kappa shape index (κ2) is 6.45. The van der Waals surface area contributed by atoms with Crippen LogP contribution in [-0.4, -0.2) is 32.7 Å². The highest BCUT2D eigenvalue weighted by molar-refractivity contribution is 7.20. The van der Waals surface area contributed by atoms with Gasteiger partial charge < -0.3 is 16.4 Å². The Morgan fingerprint density at radius 1 is 1.15 bits per heavy atom. The SMILES string of the molecule is CNC(=O)c1cccc(Nc2nc(N)n(-c3nc4ccccc4s3)n2)c1. The minimum atomic E-state index is -0.166. The Hall–Kier alpha value is -3.46. The maximum absolute atomic E-state index is 11.7. The summed E-state index contributed by atoms with van der Waals surface area (Å²) in [6.07, 6.45) is 0. The maximum atomic E-state index is 11.7. The Kier molecular flexibility index (Phi) is 3.98. The van der Waals surface area contributed by atoms with E-state index in [2.05, 4.69) is 25.7 Å². The van der Waals surface area contributed by atoms with Crippen molar-refractivity contribution in [2.24, 2.45) is 0 Å². The first kappa shape index (κ1) is 16.0. The highest BCUT2D eigenvalue weighted by atomic mass is 32.1. The number of nitrogens with zero attached hydrogens (tertiary/aromatic N) is 4. The average molecular weight is 365 g/mol. The van der Waals surface area contributed by atoms with Crippen molar-refractivity contribution >= 4 is 45.0 Å². The van der Waals surface area contributed by atoms with Gasteiger partial charge in [0.2, 0.25) is 17.0 Å². The molecule has 0 saturated heterocycles. The van der Waals surface area contributed by atoms with Crippen molar-refractivity contribution in [2.75, 3.05) is 18.1 Å². The number of para-hydroxylation sites is 1. The summed E-state index contributed by atoms with van der Waals surface area (Å²) in [6, 6.07) is 14.9. The number of carbonyl (C=O) groups is 1. The molecule has 4 N–H and O–H groups in total. The molecule has 130 valence electrons. The molecule has 1 amide bonds. The molecule has 0 spiro atoms. The van der Waals surface area contributed by atoms with Crippen molar-refractivity contribution in [2.45, 2.75) is 0 Å². The number of anilines is 3. The first-order chi connectivity index (χ1) is 12.6. The van der Waals surface area contributed by atoms with Gasteiger partial charge in [0.15, 0.2) is 0 Å². The van der Waals surface area contributed by atoms with Gasteiger partial charge in [0, 0.05) is 18.3 Å². The van der Waals surface area contributed by atoms with Crippen LogP contribution in [0.25, 0.3) is 15.3 Å². The van der Waals surface area contributed by atoms with Crippen LogP contribution in [0.3, 0.4) is 0 Å². The van der Waals surface area contributed by atoms with Gasteiger partial charge in [-0.25, -0.2) is 4.98 Å². The van der Waals surface area contributed by atoms with Gasteiger partial charge >= 0.3 is 0 Å². The third kappa shape index (κ3) is 2.95. The second-order valence-corrected chi connectivity index (χ2v) is 6.46. The number of nitrogens with one attached hydrogen (secondary N) is 2. The summed E-state index contributed by atoms with van der Waals surface area (Å²) < 4.78 is 2.54. The van der Waals surface area contributed by atoms with E-state index in [-0.39, 0.29) is 11.9 Å². The van der Waals surface area contributed by atoms with Crippen molar-refractivity contribution in [1.82, 2.24) is 25.1 Å². The lowest BCUT2D eigenvalue weighted by Crippen LogP contribution is -2.17. The van der Waals surface area contributed by atoms with E-state index in [0.717, 1.165) is 10.2 Å². The molecule has 2 heterocycles. The Morgan fingerprint density at radius 3 is 2.81 bits per heavy atom. The average Bonchev–Trinajstić information content (AvgIpc) is 3.24. The summed E-state index contributed by atoms with van der Waals surface area (Å²) in [6.45, 7) is 0. The van der Waals surface area contributed by atoms with E-state index in [0.29, 0.717) is 22.3 Å². The van der Waals surface area contributed by atoms with Gasteiger partial charge in [-0.05, 0) is 30.3 Å². The number of amides is 1. The van der Waals surface area contributed by atoms with E-state index < -0.39 is 0 Å². The fraction of sp³-hybridized carbons (Fsp3) is 0.0588. The Bertz CT molecular complexity index is 1070. The molecule has 0 saturated carbocycles. The number of nitrogens with two attached hydrogens (primary N) is 1. The van der Waals surface area contributed by atoms with Gasteiger partial charge in [-0.15, -0.1) is 5.10 Å². The molecule has 0 fully saturated rings. The zero-order valence-corrected chi connectivity index (χ0v) is 14.6. The number of nitrogen functional groups attached to an aromatic ring is 1. The molecule has 0 bridgehead atoms. The zero-order chi connectivity index (χ0) is 18.1. The number of carbonyl (C=O) groups excluding carboxylic acids is 1. The van der Waals surface area contributed by atoms with E-state index in [1.807, 2.05) is 30.3 Å². The molecule has 9 heteroatoms. The predicted molar refractivity (Wildman–Crippen MR) is 102 cm³/mol. The Morgan fingerprint density at radius 2 is 2.00 bits per heavy atom. The molecule has 0 unspecified atom stereocenters. The summed E-state index contributed by atoms with van der Waals surface area (Å²) in [5.74, 6) is 0.394. The predicted octanol–water partition coefficient (Wildman–Crippen LogP) is 2.56. The molecular weight excluding hydrogens is 350 g/mol. The first-order valence-corrected chi connectivity index (χ1v) is 8.63. The molecule has 0 aliphatic carbocycles. The van der Waals surface area contributed by atoms with Crippen LogP contribution >= 0.6 is 11.3 Å². The normalized spacial score (nSPS) is 10.8. The number of rotatable bonds is 4. The lowest BCUT2D eigenvalue weighted by atomic mass is 10.2. The number of hydrogen-bond donors (Lipinski definition) is 3. The highest BCUT2D eigenvalue weighted by Crippen LogP contribution is 2.26. The molecule has 8 nitrogen and oxygen atoms in total. The number of thiazole rings is 1. The zero-order valence-electron chi connectivity index (χ0n) is 13.8. The highest BCUT2D eigenvalue weighted by Gasteiger charge is 2.13. The Labute approximate surface area is 152 Å². The third-order valence-electron chi connectivity index (χ3n) is 3.70. The van der Waals surface area contributed by atoms with Crippen molar-refractivity contribution < 1.29 is 4.79 Å². The van der Waals surface area contributed by atoms with Crippen molar-refractivity contribution in [1.29, 1.82) is 0 Å². The summed E-state index contributed by atoms with van der Waals surface area (Å²) >= 11 is 1.48. The lowest BCUT2D eigenvalue weighted by molar-refractivity contribution is 0.0963. The smallest absolute Gasteiger partial charge is 0.251 e. The summed E-state index contributed by atoms with van der Waals surface area (Å²) in [5.41, 5.74) is 8.11. The molecule has 2 aromatic heterocycles. The Balaban J connectivity index is 1.63. The molecule has 26 heavy (non-hydrogen) atoms. The number of hydrogen-bond acceptors (Lipinski definition) is 7. The van der Waals surface area contributed by atoms with Crippen LogP contribution in [0.4, 0.5) is 17.6 Å². The van der Waals surface area contributed by atoms with Crippen LogP contribution in [0.15, 0.2) is 48.5 Å². The minimum absolute atomic E-state index is 0.166. The van der Waals surface area contributed by atoms with E-state index in [4.69, 9.17) is 5.73 Å². The molecule has 0 radical (unpaired) electrons. The standard InChI is InChI=1S/C17H15N7OS/c1-19-14(25)10-5-4-6-11(9-10)20-16-22-15(18)24(23-16)17-21-12-7-2-3-8-13(12)26-17/h2-9H,1H3,(H,19,25)(H3,18,20,22,23). The molecule has 2 aromatic carbocycles. The number of aromatic nitrogens is 4. The van der Waals surface area contributed by atoms with Gasteiger partial charge in [0.25, 0.3) is 5.91 Å². The van der Waals surface area contributed by atoms with Gasteiger partial charge in [-0.2, -0.15) is 9.67 Å². The van der Waals surface area contributed by atoms with E-state index >= 15 is 0 Å². The van der Waals surface area contributed by atoms with Crippen LogP contribution in [0.5, 0.6) is 0 Å². The largest absolute Gasteiger partial charge is 0.368 e. The molecule has 4 aromatic rings. The fourth-order valence-corrected chi connectivity index (χ4v) is 3.41. The van der Waals surface area contributed by atoms with Gasteiger partial charge in [0.05, 0.1) is 10.2 Å². The van der Waals surface area contributed by atoms with Crippen LogP contribution < -0.4 is 16.4 Å². The van der Waals surface area contributed by atoms with Crippen molar-refractivity contribution in [3.8, 4) is 5.13 Å². The van der Waals surface area contributed by atoms with Crippen LogP contribution in [0.1, 0.15) is 10.4 Å². The van der Waals surface area contributed by atoms with E-state index in [9.17, 15) is 4.79 Å². The summed E-state index contributed by atoms with van der Waals surface area (Å²) in [4.78, 5) is 20.5. The molecule has 4 rings (SSSR count). The number of fused-ring (bicyclic) bond motifs is 1.